The van der Waals surface area contributed by atoms with Crippen LogP contribution in [0, 0.1) is 17.5 Å². The van der Waals surface area contributed by atoms with Gasteiger partial charge in [-0.15, -0.1) is 0 Å². The van der Waals surface area contributed by atoms with Gasteiger partial charge in [0, 0.05) is 38.5 Å². The zero-order valence-corrected chi connectivity index (χ0v) is 13.5. The summed E-state index contributed by atoms with van der Waals surface area (Å²) < 4.78 is 54.9. The molecule has 0 radical (unpaired) electrons. The van der Waals surface area contributed by atoms with Crippen LogP contribution in [0.4, 0.5) is 13.2 Å². The molecule has 1 aromatic carbocycles. The van der Waals surface area contributed by atoms with Crippen molar-refractivity contribution in [3.05, 3.63) is 35.1 Å². The molecule has 21 heavy (non-hydrogen) atoms. The Hall–Kier alpha value is -0.893. The molecule has 0 amide bonds. The molecule has 0 aliphatic carbocycles. The third-order valence-electron chi connectivity index (χ3n) is 3.07. The number of halogens is 3. The molecule has 0 bridgehead atoms. The molecule has 1 rings (SSSR count). The molecule has 1 aromatic rings. The van der Waals surface area contributed by atoms with E-state index in [1.807, 2.05) is 0 Å². The first kappa shape index (κ1) is 18.2. The Morgan fingerprint density at radius 2 is 1.48 bits per heavy atom. The molecule has 0 atom stereocenters. The van der Waals surface area contributed by atoms with Crippen molar-refractivity contribution in [2.75, 3.05) is 20.8 Å². The smallest absolute Gasteiger partial charge is 0.379 e. The van der Waals surface area contributed by atoms with E-state index in [4.69, 9.17) is 13.3 Å². The van der Waals surface area contributed by atoms with Crippen LogP contribution in [-0.2, 0) is 19.7 Å². The highest BCUT2D eigenvalue weighted by atomic mass is 28.3. The minimum Gasteiger partial charge on any atom is -0.379 e. The van der Waals surface area contributed by atoms with E-state index in [9.17, 15) is 13.2 Å². The summed E-state index contributed by atoms with van der Waals surface area (Å²) in [6, 6.07) is 1.43. The highest BCUT2D eigenvalue weighted by molar-refractivity contribution is 6.36. The minimum atomic E-state index is -1.95. The average molecular weight is 322 g/mol. The Kier molecular flexibility index (Phi) is 8.59. The maximum Gasteiger partial charge on any atom is 0.483 e. The van der Waals surface area contributed by atoms with Gasteiger partial charge in [0.15, 0.2) is 0 Å². The third-order valence-corrected chi connectivity index (χ3v) is 4.34. The quantitative estimate of drug-likeness (QED) is 0.489. The SMILES string of the molecule is CO[SiH](OC)OCCCCCCc1c(F)cc(F)cc1F. The lowest BCUT2D eigenvalue weighted by Gasteiger charge is -2.11. The first-order valence-corrected chi connectivity index (χ1v) is 8.30. The van der Waals surface area contributed by atoms with E-state index in [2.05, 4.69) is 0 Å². The molecule has 0 fully saturated rings. The van der Waals surface area contributed by atoms with E-state index in [0.29, 0.717) is 25.2 Å². The average Bonchev–Trinajstić information content (AvgIpc) is 2.44. The lowest BCUT2D eigenvalue weighted by atomic mass is 10.0. The van der Waals surface area contributed by atoms with E-state index in [0.717, 1.165) is 19.3 Å². The molecule has 0 aliphatic heterocycles. The standard InChI is InChI=1S/C14H21F3O3Si/c1-18-21(19-2)20-8-6-4-3-5-7-12-13(16)9-11(15)10-14(12)17/h9-10,21H,3-8H2,1-2H3. The number of hydrogen-bond acceptors (Lipinski definition) is 3. The minimum absolute atomic E-state index is 0.0427. The second kappa shape index (κ2) is 9.94. The first-order valence-electron chi connectivity index (χ1n) is 6.89. The highest BCUT2D eigenvalue weighted by Gasteiger charge is 2.11. The predicted octanol–water partition coefficient (Wildman–Crippen LogP) is 3.23. The molecule has 0 saturated carbocycles. The van der Waals surface area contributed by atoms with Crippen molar-refractivity contribution in [3.63, 3.8) is 0 Å². The van der Waals surface area contributed by atoms with Gasteiger partial charge < -0.3 is 13.3 Å². The zero-order valence-electron chi connectivity index (χ0n) is 12.3. The van der Waals surface area contributed by atoms with Crippen molar-refractivity contribution in [2.24, 2.45) is 0 Å². The molecule has 7 heteroatoms. The summed E-state index contributed by atoms with van der Waals surface area (Å²) in [4.78, 5) is 0. The van der Waals surface area contributed by atoms with Gasteiger partial charge in [0.1, 0.15) is 17.5 Å². The Labute approximate surface area is 125 Å². The van der Waals surface area contributed by atoms with E-state index >= 15 is 0 Å². The summed E-state index contributed by atoms with van der Waals surface area (Å²) in [5, 5.41) is 0. The molecular weight excluding hydrogens is 301 g/mol. The van der Waals surface area contributed by atoms with Gasteiger partial charge in [-0.3, -0.25) is 0 Å². The predicted molar refractivity (Wildman–Crippen MR) is 75.6 cm³/mol. The molecular formula is C14H21F3O3Si. The summed E-state index contributed by atoms with van der Waals surface area (Å²) in [7, 11) is 1.14. The maximum absolute atomic E-state index is 13.4. The van der Waals surface area contributed by atoms with Crippen LogP contribution in [0.25, 0.3) is 0 Å². The molecule has 120 valence electrons. The monoisotopic (exact) mass is 322 g/mol. The number of hydrogen-bond donors (Lipinski definition) is 0. The number of benzene rings is 1. The van der Waals surface area contributed by atoms with Crippen LogP contribution in [0.5, 0.6) is 0 Å². The van der Waals surface area contributed by atoms with Crippen LogP contribution in [0.2, 0.25) is 0 Å². The highest BCUT2D eigenvalue weighted by Crippen LogP contribution is 2.17. The summed E-state index contributed by atoms with van der Waals surface area (Å²) >= 11 is 0. The lowest BCUT2D eigenvalue weighted by molar-refractivity contribution is 0.133. The molecule has 0 unspecified atom stereocenters. The summed E-state index contributed by atoms with van der Waals surface area (Å²) in [6.07, 6.45) is 3.47. The second-order valence-electron chi connectivity index (χ2n) is 4.64. The van der Waals surface area contributed by atoms with Crippen LogP contribution >= 0.6 is 0 Å². The Balaban J connectivity index is 2.18. The van der Waals surface area contributed by atoms with Gasteiger partial charge in [-0.1, -0.05) is 12.8 Å². The number of rotatable bonds is 10. The summed E-state index contributed by atoms with van der Waals surface area (Å²) in [5.41, 5.74) is -0.0427. The van der Waals surface area contributed by atoms with Gasteiger partial charge >= 0.3 is 9.53 Å². The van der Waals surface area contributed by atoms with Crippen molar-refractivity contribution < 1.29 is 26.4 Å². The van der Waals surface area contributed by atoms with Crippen LogP contribution in [-0.4, -0.2) is 30.4 Å². The fourth-order valence-corrected chi connectivity index (χ4v) is 2.80. The van der Waals surface area contributed by atoms with Crippen molar-refractivity contribution in [1.29, 1.82) is 0 Å². The normalized spacial score (nSPS) is 11.3. The van der Waals surface area contributed by atoms with Crippen LogP contribution < -0.4 is 0 Å². The molecule has 0 saturated heterocycles. The molecule has 0 heterocycles. The topological polar surface area (TPSA) is 27.7 Å². The van der Waals surface area contributed by atoms with E-state index in [-0.39, 0.29) is 12.0 Å². The van der Waals surface area contributed by atoms with Gasteiger partial charge in [0.2, 0.25) is 0 Å². The third kappa shape index (κ3) is 6.60. The van der Waals surface area contributed by atoms with Crippen molar-refractivity contribution in [3.8, 4) is 0 Å². The number of unbranched alkanes of at least 4 members (excludes halogenated alkanes) is 3. The zero-order chi connectivity index (χ0) is 15.7. The Bertz CT molecular complexity index is 405. The van der Waals surface area contributed by atoms with Gasteiger partial charge in [0.25, 0.3) is 0 Å². The molecule has 3 nitrogen and oxygen atoms in total. The maximum atomic E-state index is 13.4. The Morgan fingerprint density at radius 1 is 0.905 bits per heavy atom. The van der Waals surface area contributed by atoms with Crippen molar-refractivity contribution in [1.82, 2.24) is 0 Å². The van der Waals surface area contributed by atoms with Gasteiger partial charge in [-0.2, -0.15) is 0 Å². The first-order chi connectivity index (χ1) is 10.1. The molecule has 0 N–H and O–H groups in total. The summed E-state index contributed by atoms with van der Waals surface area (Å²) in [5.74, 6) is -2.52. The van der Waals surface area contributed by atoms with Crippen molar-refractivity contribution in [2.45, 2.75) is 32.1 Å². The van der Waals surface area contributed by atoms with Crippen LogP contribution in [0.15, 0.2) is 12.1 Å². The Morgan fingerprint density at radius 3 is 2.05 bits per heavy atom. The van der Waals surface area contributed by atoms with Gasteiger partial charge in [-0.05, 0) is 19.3 Å². The van der Waals surface area contributed by atoms with Crippen molar-refractivity contribution >= 4 is 9.53 Å². The van der Waals surface area contributed by atoms with E-state index in [1.165, 1.54) is 0 Å². The largest absolute Gasteiger partial charge is 0.483 e. The van der Waals surface area contributed by atoms with E-state index in [1.54, 1.807) is 14.2 Å². The molecule has 0 aromatic heterocycles. The summed E-state index contributed by atoms with van der Waals surface area (Å²) in [6.45, 7) is 0.553. The second-order valence-corrected chi connectivity index (χ2v) is 6.50. The lowest BCUT2D eigenvalue weighted by Crippen LogP contribution is -2.24. The molecule has 0 aliphatic rings. The van der Waals surface area contributed by atoms with Crippen LogP contribution in [0.3, 0.4) is 0 Å². The fourth-order valence-electron chi connectivity index (χ4n) is 1.98. The van der Waals surface area contributed by atoms with Crippen LogP contribution in [0.1, 0.15) is 31.2 Å². The van der Waals surface area contributed by atoms with Gasteiger partial charge in [-0.25, -0.2) is 13.2 Å². The van der Waals surface area contributed by atoms with E-state index < -0.39 is 27.0 Å². The van der Waals surface area contributed by atoms with Gasteiger partial charge in [0.05, 0.1) is 0 Å². The fraction of sp³-hybridized carbons (Fsp3) is 0.571. The molecule has 0 spiro atoms.